The number of rotatable bonds is 8. The Morgan fingerprint density at radius 3 is 2.67 bits per heavy atom. The molecule has 1 aliphatic rings. The van der Waals surface area contributed by atoms with Crippen LogP contribution in [0.15, 0.2) is 18.2 Å². The van der Waals surface area contributed by atoms with Crippen LogP contribution in [0.25, 0.3) is 0 Å². The highest BCUT2D eigenvalue weighted by Gasteiger charge is 2.15. The van der Waals surface area contributed by atoms with E-state index in [0.717, 1.165) is 37.6 Å². The van der Waals surface area contributed by atoms with Gasteiger partial charge in [-0.1, -0.05) is 32.3 Å². The lowest BCUT2D eigenvalue weighted by atomic mass is 9.90. The van der Waals surface area contributed by atoms with E-state index < -0.39 is 0 Å². The highest BCUT2D eigenvalue weighted by atomic mass is 16.5. The molecule has 2 rings (SSSR count). The van der Waals surface area contributed by atoms with Crippen molar-refractivity contribution in [1.29, 1.82) is 0 Å². The molecule has 0 spiro atoms. The second-order valence-corrected chi connectivity index (χ2v) is 5.98. The quantitative estimate of drug-likeness (QED) is 0.730. The summed E-state index contributed by atoms with van der Waals surface area (Å²) in [6, 6.07) is 6.25. The molecule has 1 aromatic rings. The minimum Gasteiger partial charge on any atom is -0.493 e. The van der Waals surface area contributed by atoms with E-state index in [0.29, 0.717) is 5.92 Å². The Labute approximate surface area is 129 Å². The third-order valence-electron chi connectivity index (χ3n) is 4.18. The number of methoxy groups -OCH3 is 1. The average Bonchev–Trinajstić information content (AvgIpc) is 2.54. The zero-order valence-electron chi connectivity index (χ0n) is 13.5. The van der Waals surface area contributed by atoms with Crippen molar-refractivity contribution in [2.75, 3.05) is 20.3 Å². The molecule has 0 radical (unpaired) electrons. The standard InChI is InChI=1S/C18H29NO2/c1-3-11-19-13-16-9-10-17(18(12-16)20-2)21-14-15-7-5-4-6-8-15/h9-10,12,15,19H,3-8,11,13-14H2,1-2H3. The first-order valence-corrected chi connectivity index (χ1v) is 8.34. The molecule has 0 amide bonds. The van der Waals surface area contributed by atoms with E-state index in [1.54, 1.807) is 7.11 Å². The molecule has 1 aromatic carbocycles. The lowest BCUT2D eigenvalue weighted by molar-refractivity contribution is 0.202. The lowest BCUT2D eigenvalue weighted by Gasteiger charge is -2.22. The zero-order chi connectivity index (χ0) is 14.9. The Bertz CT molecular complexity index is 414. The maximum absolute atomic E-state index is 6.00. The molecule has 1 N–H and O–H groups in total. The van der Waals surface area contributed by atoms with Gasteiger partial charge < -0.3 is 14.8 Å². The molecule has 0 bridgehead atoms. The summed E-state index contributed by atoms with van der Waals surface area (Å²) >= 11 is 0. The van der Waals surface area contributed by atoms with Gasteiger partial charge in [-0.25, -0.2) is 0 Å². The summed E-state index contributed by atoms with van der Waals surface area (Å²) in [5.41, 5.74) is 1.24. The van der Waals surface area contributed by atoms with Gasteiger partial charge in [0, 0.05) is 6.54 Å². The molecule has 21 heavy (non-hydrogen) atoms. The third-order valence-corrected chi connectivity index (χ3v) is 4.18. The molecular weight excluding hydrogens is 262 g/mol. The summed E-state index contributed by atoms with van der Waals surface area (Å²) in [5.74, 6) is 2.44. The Kier molecular flexibility index (Phi) is 6.87. The number of benzene rings is 1. The Balaban J connectivity index is 1.89. The van der Waals surface area contributed by atoms with Crippen LogP contribution < -0.4 is 14.8 Å². The first kappa shape index (κ1) is 16.2. The lowest BCUT2D eigenvalue weighted by Crippen LogP contribution is -2.16. The molecule has 0 heterocycles. The predicted octanol–water partition coefficient (Wildman–Crippen LogP) is 4.15. The molecular formula is C18H29NO2. The maximum atomic E-state index is 6.00. The van der Waals surface area contributed by atoms with Crippen molar-refractivity contribution in [3.63, 3.8) is 0 Å². The first-order valence-electron chi connectivity index (χ1n) is 8.34. The molecule has 3 heteroatoms. The Hall–Kier alpha value is -1.22. The van der Waals surface area contributed by atoms with Crippen LogP contribution in [-0.4, -0.2) is 20.3 Å². The van der Waals surface area contributed by atoms with Crippen LogP contribution in [-0.2, 0) is 6.54 Å². The molecule has 0 aliphatic heterocycles. The van der Waals surface area contributed by atoms with Gasteiger partial charge in [0.25, 0.3) is 0 Å². The molecule has 1 fully saturated rings. The summed E-state index contributed by atoms with van der Waals surface area (Å²) in [6.45, 7) is 4.93. The second kappa shape index (κ2) is 8.93. The van der Waals surface area contributed by atoms with Crippen molar-refractivity contribution in [1.82, 2.24) is 5.32 Å². The molecule has 1 saturated carbocycles. The van der Waals surface area contributed by atoms with Crippen molar-refractivity contribution < 1.29 is 9.47 Å². The minimum atomic E-state index is 0.717. The molecule has 0 aromatic heterocycles. The summed E-state index contributed by atoms with van der Waals surface area (Å²) in [5, 5.41) is 3.41. The van der Waals surface area contributed by atoms with Crippen LogP contribution in [0.2, 0.25) is 0 Å². The van der Waals surface area contributed by atoms with E-state index in [4.69, 9.17) is 9.47 Å². The molecule has 0 saturated heterocycles. The van der Waals surface area contributed by atoms with Crippen LogP contribution in [0, 0.1) is 5.92 Å². The average molecular weight is 291 g/mol. The van der Waals surface area contributed by atoms with Gasteiger partial charge >= 0.3 is 0 Å². The molecule has 0 atom stereocenters. The van der Waals surface area contributed by atoms with E-state index in [9.17, 15) is 0 Å². The van der Waals surface area contributed by atoms with E-state index in [2.05, 4.69) is 24.4 Å². The SMILES string of the molecule is CCCNCc1ccc(OCC2CCCCC2)c(OC)c1. The van der Waals surface area contributed by atoms with Crippen LogP contribution in [0.5, 0.6) is 11.5 Å². The van der Waals surface area contributed by atoms with E-state index >= 15 is 0 Å². The van der Waals surface area contributed by atoms with Gasteiger partial charge in [-0.2, -0.15) is 0 Å². The van der Waals surface area contributed by atoms with Gasteiger partial charge in [0.1, 0.15) is 0 Å². The molecule has 0 unspecified atom stereocenters. The Morgan fingerprint density at radius 1 is 1.14 bits per heavy atom. The number of hydrogen-bond donors (Lipinski definition) is 1. The van der Waals surface area contributed by atoms with Crippen molar-refractivity contribution >= 4 is 0 Å². The normalized spacial score (nSPS) is 15.9. The molecule has 3 nitrogen and oxygen atoms in total. The fourth-order valence-electron chi connectivity index (χ4n) is 2.91. The first-order chi connectivity index (χ1) is 10.3. The van der Waals surface area contributed by atoms with Crippen molar-refractivity contribution in [3.8, 4) is 11.5 Å². The predicted molar refractivity (Wildman–Crippen MR) is 87.1 cm³/mol. The Morgan fingerprint density at radius 2 is 1.95 bits per heavy atom. The van der Waals surface area contributed by atoms with Crippen LogP contribution in [0.3, 0.4) is 0 Å². The van der Waals surface area contributed by atoms with E-state index in [1.807, 2.05) is 6.07 Å². The van der Waals surface area contributed by atoms with Gasteiger partial charge in [-0.05, 0) is 49.4 Å². The van der Waals surface area contributed by atoms with Crippen molar-refractivity contribution in [2.24, 2.45) is 5.92 Å². The van der Waals surface area contributed by atoms with Gasteiger partial charge in [0.15, 0.2) is 11.5 Å². The topological polar surface area (TPSA) is 30.5 Å². The van der Waals surface area contributed by atoms with Crippen LogP contribution >= 0.6 is 0 Å². The minimum absolute atomic E-state index is 0.717. The van der Waals surface area contributed by atoms with Crippen LogP contribution in [0.4, 0.5) is 0 Å². The monoisotopic (exact) mass is 291 g/mol. The van der Waals surface area contributed by atoms with Gasteiger partial charge in [-0.15, -0.1) is 0 Å². The second-order valence-electron chi connectivity index (χ2n) is 5.98. The highest BCUT2D eigenvalue weighted by Crippen LogP contribution is 2.30. The van der Waals surface area contributed by atoms with Gasteiger partial charge in [0.2, 0.25) is 0 Å². The maximum Gasteiger partial charge on any atom is 0.161 e. The fraction of sp³-hybridized carbons (Fsp3) is 0.667. The zero-order valence-corrected chi connectivity index (χ0v) is 13.5. The summed E-state index contributed by atoms with van der Waals surface area (Å²) in [6.07, 6.45) is 7.86. The van der Waals surface area contributed by atoms with Gasteiger partial charge in [0.05, 0.1) is 13.7 Å². The molecule has 1 aliphatic carbocycles. The third kappa shape index (κ3) is 5.24. The summed E-state index contributed by atoms with van der Waals surface area (Å²) in [7, 11) is 1.71. The highest BCUT2D eigenvalue weighted by molar-refractivity contribution is 5.42. The number of ether oxygens (including phenoxy) is 2. The largest absolute Gasteiger partial charge is 0.493 e. The summed E-state index contributed by atoms with van der Waals surface area (Å²) < 4.78 is 11.5. The van der Waals surface area contributed by atoms with Gasteiger partial charge in [-0.3, -0.25) is 0 Å². The summed E-state index contributed by atoms with van der Waals surface area (Å²) in [4.78, 5) is 0. The number of nitrogens with one attached hydrogen (secondary N) is 1. The van der Waals surface area contributed by atoms with E-state index in [1.165, 1.54) is 37.7 Å². The van der Waals surface area contributed by atoms with Crippen molar-refractivity contribution in [2.45, 2.75) is 52.0 Å². The van der Waals surface area contributed by atoms with Crippen molar-refractivity contribution in [3.05, 3.63) is 23.8 Å². The molecule has 118 valence electrons. The smallest absolute Gasteiger partial charge is 0.161 e. The van der Waals surface area contributed by atoms with E-state index in [-0.39, 0.29) is 0 Å². The fourth-order valence-corrected chi connectivity index (χ4v) is 2.91. The number of hydrogen-bond acceptors (Lipinski definition) is 3. The van der Waals surface area contributed by atoms with Crippen LogP contribution in [0.1, 0.15) is 51.0 Å².